The van der Waals surface area contributed by atoms with E-state index in [1.807, 2.05) is 0 Å². The van der Waals surface area contributed by atoms with Crippen LogP contribution in [0.1, 0.15) is 37.1 Å². The Morgan fingerprint density at radius 3 is 1.39 bits per heavy atom. The van der Waals surface area contributed by atoms with Crippen LogP contribution in [0.3, 0.4) is 0 Å². The van der Waals surface area contributed by atoms with Gasteiger partial charge in [-0.1, -0.05) is 121 Å². The molecule has 4 aromatic rings. The van der Waals surface area contributed by atoms with Crippen molar-refractivity contribution >= 4 is 18.8 Å². The number of hydrogen-bond acceptors (Lipinski definition) is 2. The zero-order chi connectivity index (χ0) is 23.0. The summed E-state index contributed by atoms with van der Waals surface area (Å²) in [5, 5.41) is 2.44. The van der Waals surface area contributed by atoms with Crippen molar-refractivity contribution in [3.8, 4) is 0 Å². The van der Waals surface area contributed by atoms with E-state index >= 15 is 0 Å². The first-order valence-electron chi connectivity index (χ1n) is 11.5. The van der Waals surface area contributed by atoms with E-state index in [9.17, 15) is 0 Å². The van der Waals surface area contributed by atoms with Gasteiger partial charge < -0.3 is 4.52 Å². The van der Waals surface area contributed by atoms with E-state index in [1.54, 1.807) is 0 Å². The third-order valence-corrected chi connectivity index (χ3v) is 7.98. The maximum absolute atomic E-state index is 7.22. The van der Waals surface area contributed by atoms with E-state index in [2.05, 4.69) is 147 Å². The van der Waals surface area contributed by atoms with Crippen molar-refractivity contribution in [3.05, 3.63) is 132 Å². The molecule has 0 unspecified atom stereocenters. The van der Waals surface area contributed by atoms with E-state index < -0.39 is 8.15 Å². The molecule has 3 heteroatoms. The van der Waals surface area contributed by atoms with Crippen molar-refractivity contribution in [2.24, 2.45) is 0 Å². The highest BCUT2D eigenvalue weighted by molar-refractivity contribution is 7.68. The Morgan fingerprint density at radius 1 is 0.576 bits per heavy atom. The lowest BCUT2D eigenvalue weighted by Crippen LogP contribution is -2.36. The monoisotopic (exact) mass is 453 g/mol. The lowest BCUT2D eigenvalue weighted by atomic mass is 9.94. The largest absolute Gasteiger partial charge is 0.340 e. The Balaban J connectivity index is 1.84. The average molecular weight is 454 g/mol. The van der Waals surface area contributed by atoms with Gasteiger partial charge >= 0.3 is 0 Å². The molecule has 0 saturated carbocycles. The predicted molar refractivity (Wildman–Crippen MR) is 141 cm³/mol. The minimum atomic E-state index is -1.01. The fourth-order valence-electron chi connectivity index (χ4n) is 4.05. The van der Waals surface area contributed by atoms with E-state index in [4.69, 9.17) is 4.52 Å². The van der Waals surface area contributed by atoms with E-state index in [0.717, 1.165) is 0 Å². The summed E-state index contributed by atoms with van der Waals surface area (Å²) in [6.45, 7) is 4.49. The molecule has 0 aliphatic carbocycles. The molecule has 0 spiro atoms. The standard InChI is InChI=1S/C30H32NOP/c1-24(2)31(3)29(25-16-8-4-9-17-25)30(26-18-10-5-11-19-26)32-33(27-20-12-6-13-21-27)28-22-14-7-15-23-28/h4-24,29-30H,1-3H3/t29-,30+/m0/s1. The maximum Gasteiger partial charge on any atom is 0.107 e. The van der Waals surface area contributed by atoms with Gasteiger partial charge in [0.25, 0.3) is 0 Å². The first-order chi connectivity index (χ1) is 16.1. The Labute approximate surface area is 199 Å². The van der Waals surface area contributed by atoms with Crippen LogP contribution >= 0.6 is 8.15 Å². The molecular weight excluding hydrogens is 421 g/mol. The number of nitrogens with zero attached hydrogens (tertiary/aromatic N) is 1. The molecule has 2 nitrogen and oxygen atoms in total. The topological polar surface area (TPSA) is 12.5 Å². The van der Waals surface area contributed by atoms with Crippen molar-refractivity contribution in [2.45, 2.75) is 32.0 Å². The molecule has 4 aromatic carbocycles. The second-order valence-corrected chi connectivity index (χ2v) is 10.3. The molecule has 0 saturated heterocycles. The minimum Gasteiger partial charge on any atom is -0.340 e. The fraction of sp³-hybridized carbons (Fsp3) is 0.200. The van der Waals surface area contributed by atoms with Crippen LogP contribution in [0.2, 0.25) is 0 Å². The molecule has 4 rings (SSSR count). The van der Waals surface area contributed by atoms with Crippen molar-refractivity contribution in [1.29, 1.82) is 0 Å². The summed E-state index contributed by atoms with van der Waals surface area (Å²) >= 11 is 0. The highest BCUT2D eigenvalue weighted by Crippen LogP contribution is 2.47. The second-order valence-electron chi connectivity index (χ2n) is 8.52. The molecule has 0 bridgehead atoms. The third-order valence-electron chi connectivity index (χ3n) is 6.01. The van der Waals surface area contributed by atoms with Crippen molar-refractivity contribution in [3.63, 3.8) is 0 Å². The number of hydrogen-bond donors (Lipinski definition) is 0. The first kappa shape index (κ1) is 23.4. The molecular formula is C30H32NOP. The smallest absolute Gasteiger partial charge is 0.107 e. The van der Waals surface area contributed by atoms with Gasteiger partial charge in [0.2, 0.25) is 0 Å². The summed E-state index contributed by atoms with van der Waals surface area (Å²) in [6, 6.07) is 43.1. The molecule has 0 fully saturated rings. The van der Waals surface area contributed by atoms with Crippen LogP contribution in [0.25, 0.3) is 0 Å². The van der Waals surface area contributed by atoms with Gasteiger partial charge in [-0.3, -0.25) is 4.90 Å². The second kappa shape index (κ2) is 11.4. The van der Waals surface area contributed by atoms with E-state index in [1.165, 1.54) is 21.7 Å². The quantitative estimate of drug-likeness (QED) is 0.256. The van der Waals surface area contributed by atoms with Crippen molar-refractivity contribution in [2.75, 3.05) is 7.05 Å². The van der Waals surface area contributed by atoms with Gasteiger partial charge in [0.15, 0.2) is 0 Å². The predicted octanol–water partition coefficient (Wildman–Crippen LogP) is 6.87. The summed E-state index contributed by atoms with van der Waals surface area (Å²) in [7, 11) is 1.20. The molecule has 33 heavy (non-hydrogen) atoms. The van der Waals surface area contributed by atoms with Crippen LogP contribution < -0.4 is 10.6 Å². The molecule has 0 amide bonds. The van der Waals surface area contributed by atoms with Gasteiger partial charge in [0, 0.05) is 16.7 Å². The van der Waals surface area contributed by atoms with Crippen molar-refractivity contribution < 1.29 is 4.52 Å². The summed E-state index contributed by atoms with van der Waals surface area (Å²) in [4.78, 5) is 2.43. The first-order valence-corrected chi connectivity index (χ1v) is 12.8. The molecule has 2 atom stereocenters. The Morgan fingerprint density at radius 2 is 0.970 bits per heavy atom. The molecule has 0 aliphatic rings. The lowest BCUT2D eigenvalue weighted by molar-refractivity contribution is 0.0739. The highest BCUT2D eigenvalue weighted by atomic mass is 31.1. The number of rotatable bonds is 9. The van der Waals surface area contributed by atoms with Crippen LogP contribution in [0.15, 0.2) is 121 Å². The van der Waals surface area contributed by atoms with Crippen LogP contribution in [0.4, 0.5) is 0 Å². The lowest BCUT2D eigenvalue weighted by Gasteiger charge is -2.39. The van der Waals surface area contributed by atoms with Crippen LogP contribution in [0, 0.1) is 0 Å². The molecule has 0 aromatic heterocycles. The Bertz CT molecular complexity index is 1050. The van der Waals surface area contributed by atoms with Gasteiger partial charge in [-0.25, -0.2) is 0 Å². The molecule has 0 heterocycles. The molecule has 0 aliphatic heterocycles. The summed E-state index contributed by atoms with van der Waals surface area (Å²) < 4.78 is 7.22. The van der Waals surface area contributed by atoms with Crippen LogP contribution in [-0.4, -0.2) is 18.0 Å². The van der Waals surface area contributed by atoms with Gasteiger partial charge in [0.1, 0.15) is 6.10 Å². The number of likely N-dealkylation sites (N-methyl/N-ethyl adjacent to an activating group) is 1. The minimum absolute atomic E-state index is 0.0750. The van der Waals surface area contributed by atoms with Crippen LogP contribution in [0.5, 0.6) is 0 Å². The third kappa shape index (κ3) is 5.78. The Hall–Kier alpha value is -2.77. The average Bonchev–Trinajstić information content (AvgIpc) is 2.88. The zero-order valence-electron chi connectivity index (χ0n) is 19.6. The van der Waals surface area contributed by atoms with Gasteiger partial charge in [-0.05, 0) is 32.0 Å². The summed E-state index contributed by atoms with van der Waals surface area (Å²) in [6.07, 6.45) is -0.132. The van der Waals surface area contributed by atoms with E-state index in [-0.39, 0.29) is 12.1 Å². The van der Waals surface area contributed by atoms with Gasteiger partial charge in [0.05, 0.1) is 14.2 Å². The SMILES string of the molecule is CC(C)N(C)[C@@H](c1ccccc1)[C@H](OP(c1ccccc1)c1ccccc1)c1ccccc1. The summed E-state index contributed by atoms with van der Waals surface area (Å²) in [5.41, 5.74) is 2.46. The molecule has 0 N–H and O–H groups in total. The van der Waals surface area contributed by atoms with Crippen molar-refractivity contribution in [1.82, 2.24) is 4.90 Å². The fourth-order valence-corrected chi connectivity index (χ4v) is 5.94. The zero-order valence-corrected chi connectivity index (χ0v) is 20.5. The van der Waals surface area contributed by atoms with Crippen LogP contribution in [-0.2, 0) is 4.52 Å². The highest BCUT2D eigenvalue weighted by Gasteiger charge is 2.33. The maximum atomic E-state index is 7.22. The molecule has 168 valence electrons. The van der Waals surface area contributed by atoms with Gasteiger partial charge in [-0.2, -0.15) is 0 Å². The number of benzene rings is 4. The molecule has 0 radical (unpaired) electrons. The Kier molecular flexibility index (Phi) is 8.07. The van der Waals surface area contributed by atoms with Gasteiger partial charge in [-0.15, -0.1) is 0 Å². The summed E-state index contributed by atoms with van der Waals surface area (Å²) in [5.74, 6) is 0. The van der Waals surface area contributed by atoms with E-state index in [0.29, 0.717) is 6.04 Å². The normalized spacial score (nSPS) is 13.4.